The minimum atomic E-state index is 0. The summed E-state index contributed by atoms with van der Waals surface area (Å²) in [5.74, 6) is 1.24. The largest absolute Gasteiger partial charge is 0.488 e. The van der Waals surface area contributed by atoms with Crippen LogP contribution >= 0.6 is 35.6 Å². The van der Waals surface area contributed by atoms with Gasteiger partial charge in [-0.1, -0.05) is 29.6 Å². The second kappa shape index (κ2) is 8.61. The number of likely N-dealkylation sites (tertiary alicyclic amines) is 1. The molecule has 1 aliphatic heterocycles. The predicted octanol–water partition coefficient (Wildman–Crippen LogP) is 3.91. The van der Waals surface area contributed by atoms with Crippen LogP contribution in [-0.4, -0.2) is 36.0 Å². The molecule has 24 heavy (non-hydrogen) atoms. The van der Waals surface area contributed by atoms with E-state index in [9.17, 15) is 4.79 Å². The first kappa shape index (κ1) is 19.6. The summed E-state index contributed by atoms with van der Waals surface area (Å²) in [5, 5.41) is 0.987. The van der Waals surface area contributed by atoms with Gasteiger partial charge in [0.2, 0.25) is 5.91 Å². The van der Waals surface area contributed by atoms with Gasteiger partial charge in [0.15, 0.2) is 0 Å². The molecular weight excluding hydrogens is 371 g/mol. The molecule has 0 radical (unpaired) electrons. The lowest BCUT2D eigenvalue weighted by Crippen LogP contribution is -2.35. The molecule has 1 amide bonds. The van der Waals surface area contributed by atoms with E-state index < -0.39 is 0 Å². The van der Waals surface area contributed by atoms with Crippen LogP contribution in [0.15, 0.2) is 18.2 Å². The second-order valence-electron chi connectivity index (χ2n) is 6.50. The van der Waals surface area contributed by atoms with Gasteiger partial charge in [-0.15, -0.1) is 12.4 Å². The number of amides is 1. The van der Waals surface area contributed by atoms with Gasteiger partial charge >= 0.3 is 0 Å². The Morgan fingerprint density at radius 2 is 2.04 bits per heavy atom. The van der Waals surface area contributed by atoms with E-state index in [4.69, 9.17) is 33.7 Å². The summed E-state index contributed by atoms with van der Waals surface area (Å²) in [6.45, 7) is 1.37. The number of benzene rings is 1. The average molecular weight is 394 g/mol. The van der Waals surface area contributed by atoms with Crippen molar-refractivity contribution in [3.8, 4) is 5.75 Å². The quantitative estimate of drug-likeness (QED) is 0.843. The van der Waals surface area contributed by atoms with E-state index >= 15 is 0 Å². The minimum Gasteiger partial charge on any atom is -0.488 e. The predicted molar refractivity (Wildman–Crippen MR) is 99.3 cm³/mol. The third kappa shape index (κ3) is 4.69. The summed E-state index contributed by atoms with van der Waals surface area (Å²) in [7, 11) is 0. The van der Waals surface area contributed by atoms with E-state index in [-0.39, 0.29) is 30.5 Å². The highest BCUT2D eigenvalue weighted by Crippen LogP contribution is 2.30. The van der Waals surface area contributed by atoms with E-state index in [2.05, 4.69) is 0 Å². The molecule has 0 spiro atoms. The van der Waals surface area contributed by atoms with Gasteiger partial charge in [0, 0.05) is 31.5 Å². The lowest BCUT2D eigenvalue weighted by molar-refractivity contribution is -0.131. The molecule has 7 heteroatoms. The maximum Gasteiger partial charge on any atom is 0.223 e. The van der Waals surface area contributed by atoms with Gasteiger partial charge in [-0.3, -0.25) is 4.79 Å². The van der Waals surface area contributed by atoms with E-state index in [0.29, 0.717) is 34.7 Å². The van der Waals surface area contributed by atoms with Gasteiger partial charge in [0.05, 0.1) is 16.6 Å². The Morgan fingerprint density at radius 1 is 1.25 bits per heavy atom. The van der Waals surface area contributed by atoms with Crippen molar-refractivity contribution in [2.75, 3.05) is 13.1 Å². The molecule has 4 nitrogen and oxygen atoms in total. The third-order valence-electron chi connectivity index (χ3n) is 4.85. The van der Waals surface area contributed by atoms with Gasteiger partial charge in [-0.05, 0) is 30.9 Å². The summed E-state index contributed by atoms with van der Waals surface area (Å²) < 4.78 is 5.92. The number of nitrogens with two attached hydrogens (primary N) is 1. The molecule has 1 unspecified atom stereocenters. The van der Waals surface area contributed by atoms with Crippen LogP contribution in [0.2, 0.25) is 10.0 Å². The van der Waals surface area contributed by atoms with Crippen molar-refractivity contribution in [2.45, 2.75) is 44.2 Å². The van der Waals surface area contributed by atoms with Crippen molar-refractivity contribution in [3.63, 3.8) is 0 Å². The van der Waals surface area contributed by atoms with Gasteiger partial charge < -0.3 is 15.4 Å². The first-order chi connectivity index (χ1) is 11.0. The molecule has 0 bridgehead atoms. The summed E-state index contributed by atoms with van der Waals surface area (Å²) in [4.78, 5) is 14.3. The fraction of sp³-hybridized carbons (Fsp3) is 0.588. The summed E-state index contributed by atoms with van der Waals surface area (Å²) in [5.41, 5.74) is 6.06. The molecule has 1 saturated carbocycles. The lowest BCUT2D eigenvalue weighted by Gasteiger charge is -2.21. The van der Waals surface area contributed by atoms with Gasteiger partial charge in [0.1, 0.15) is 11.9 Å². The average Bonchev–Trinajstić information content (AvgIpc) is 3.13. The maximum atomic E-state index is 12.4. The van der Waals surface area contributed by atoms with Crippen LogP contribution in [0.25, 0.3) is 0 Å². The fourth-order valence-electron chi connectivity index (χ4n) is 3.47. The molecule has 1 heterocycles. The smallest absolute Gasteiger partial charge is 0.223 e. The number of rotatable bonds is 4. The van der Waals surface area contributed by atoms with Crippen LogP contribution in [-0.2, 0) is 4.79 Å². The molecule has 0 aromatic heterocycles. The van der Waals surface area contributed by atoms with E-state index in [1.165, 1.54) is 0 Å². The molecule has 2 N–H and O–H groups in total. The Labute approximate surface area is 159 Å². The fourth-order valence-corrected chi connectivity index (χ4v) is 3.75. The zero-order chi connectivity index (χ0) is 16.4. The second-order valence-corrected chi connectivity index (χ2v) is 7.32. The zero-order valence-electron chi connectivity index (χ0n) is 13.4. The van der Waals surface area contributed by atoms with Gasteiger partial charge in [0.25, 0.3) is 0 Å². The Hall–Kier alpha value is -0.680. The van der Waals surface area contributed by atoms with Crippen molar-refractivity contribution in [2.24, 2.45) is 11.7 Å². The van der Waals surface area contributed by atoms with Crippen LogP contribution < -0.4 is 10.5 Å². The maximum absolute atomic E-state index is 12.4. The molecule has 1 aromatic rings. The highest BCUT2D eigenvalue weighted by molar-refractivity contribution is 6.42. The molecule has 3 rings (SSSR count). The number of carbonyl (C=O) groups is 1. The van der Waals surface area contributed by atoms with Crippen molar-refractivity contribution in [3.05, 3.63) is 28.2 Å². The first-order valence-electron chi connectivity index (χ1n) is 8.18. The number of ether oxygens (including phenoxy) is 1. The number of hydrogen-bond acceptors (Lipinski definition) is 3. The normalized spacial score (nSPS) is 26.3. The van der Waals surface area contributed by atoms with E-state index in [1.807, 2.05) is 4.90 Å². The summed E-state index contributed by atoms with van der Waals surface area (Å²) in [6.07, 6.45) is 4.67. The molecule has 1 aliphatic carbocycles. The number of nitrogens with zero attached hydrogens (tertiary/aromatic N) is 1. The monoisotopic (exact) mass is 392 g/mol. The van der Waals surface area contributed by atoms with Gasteiger partial charge in [-0.2, -0.15) is 0 Å². The Morgan fingerprint density at radius 3 is 2.71 bits per heavy atom. The highest BCUT2D eigenvalue weighted by atomic mass is 35.5. The summed E-state index contributed by atoms with van der Waals surface area (Å²) in [6, 6.07) is 5.42. The van der Waals surface area contributed by atoms with Crippen LogP contribution in [0.4, 0.5) is 0 Å². The molecule has 2 fully saturated rings. The number of hydrogen-bond donors (Lipinski definition) is 1. The minimum absolute atomic E-state index is 0. The van der Waals surface area contributed by atoms with E-state index in [1.54, 1.807) is 18.2 Å². The molecule has 1 saturated heterocycles. The Kier molecular flexibility index (Phi) is 7.05. The van der Waals surface area contributed by atoms with Crippen LogP contribution in [0.5, 0.6) is 5.75 Å². The van der Waals surface area contributed by atoms with Crippen LogP contribution in [0.3, 0.4) is 0 Å². The molecule has 134 valence electrons. The molecular formula is C17H23Cl3N2O2. The molecule has 1 aromatic carbocycles. The number of carbonyl (C=O) groups excluding carboxylic acids is 1. The number of halogens is 3. The van der Waals surface area contributed by atoms with Crippen LogP contribution in [0, 0.1) is 5.92 Å². The van der Waals surface area contributed by atoms with E-state index in [0.717, 1.165) is 32.2 Å². The third-order valence-corrected chi connectivity index (χ3v) is 5.59. The van der Waals surface area contributed by atoms with Crippen molar-refractivity contribution >= 4 is 41.5 Å². The Balaban J connectivity index is 0.00000208. The summed E-state index contributed by atoms with van der Waals surface area (Å²) >= 11 is 11.9. The lowest BCUT2D eigenvalue weighted by atomic mass is 9.99. The van der Waals surface area contributed by atoms with Crippen molar-refractivity contribution < 1.29 is 9.53 Å². The Bertz CT molecular complexity index is 585. The zero-order valence-corrected chi connectivity index (χ0v) is 15.7. The SMILES string of the molecule is Cl.N[C@@H]1CCC[C@H]1CC(=O)N1CCC(Oc2ccc(Cl)c(Cl)c2)C1. The standard InChI is InChI=1S/C17H22Cl2N2O2.ClH/c18-14-5-4-12(9-15(14)19)23-13-6-7-21(10-13)17(22)8-11-2-1-3-16(11)20;/h4-5,9,11,13,16H,1-3,6-8,10,20H2;1H/t11-,13?,16+;/m0./s1. The molecule has 2 aliphatic rings. The van der Waals surface area contributed by atoms with Crippen molar-refractivity contribution in [1.29, 1.82) is 0 Å². The van der Waals surface area contributed by atoms with Gasteiger partial charge in [-0.25, -0.2) is 0 Å². The van der Waals surface area contributed by atoms with Crippen molar-refractivity contribution in [1.82, 2.24) is 4.90 Å². The molecule has 3 atom stereocenters. The van der Waals surface area contributed by atoms with Crippen LogP contribution in [0.1, 0.15) is 32.1 Å². The first-order valence-corrected chi connectivity index (χ1v) is 8.93. The highest BCUT2D eigenvalue weighted by Gasteiger charge is 2.32. The topological polar surface area (TPSA) is 55.6 Å².